The molecule has 1 aromatic heterocycles. The van der Waals surface area contributed by atoms with E-state index in [0.29, 0.717) is 5.01 Å². The molecule has 0 radical (unpaired) electrons. The molecule has 0 spiro atoms. The highest BCUT2D eigenvalue weighted by Gasteiger charge is 2.27. The molecule has 1 aromatic rings. The van der Waals surface area contributed by atoms with Crippen LogP contribution in [0.15, 0.2) is 0 Å². The first-order valence-electron chi connectivity index (χ1n) is 7.02. The number of nitrogens with zero attached hydrogens (tertiary/aromatic N) is 3. The Morgan fingerprint density at radius 3 is 2.95 bits per heavy atom. The van der Waals surface area contributed by atoms with Gasteiger partial charge in [0.1, 0.15) is 0 Å². The third-order valence-electron chi connectivity index (χ3n) is 3.26. The van der Waals surface area contributed by atoms with Crippen LogP contribution < -0.4 is 5.32 Å². The molecule has 1 fully saturated rings. The molecule has 1 N–H and O–H groups in total. The number of carbonyl (C=O) groups is 1. The molecule has 112 valence electrons. The molecule has 1 aliphatic rings. The molecule has 1 aliphatic heterocycles. The zero-order valence-corrected chi connectivity index (χ0v) is 13.9. The Labute approximate surface area is 128 Å². The summed E-state index contributed by atoms with van der Waals surface area (Å²) in [6, 6.07) is 0. The van der Waals surface area contributed by atoms with Gasteiger partial charge in [-0.2, -0.15) is 11.8 Å². The molecule has 2 heterocycles. The van der Waals surface area contributed by atoms with Crippen LogP contribution in [0.5, 0.6) is 0 Å². The van der Waals surface area contributed by atoms with Crippen LogP contribution in [-0.2, 0) is 0 Å². The zero-order valence-electron chi connectivity index (χ0n) is 12.3. The van der Waals surface area contributed by atoms with Gasteiger partial charge in [-0.05, 0) is 12.8 Å². The summed E-state index contributed by atoms with van der Waals surface area (Å²) >= 11 is 3.28. The van der Waals surface area contributed by atoms with Crippen molar-refractivity contribution in [2.24, 2.45) is 0 Å². The highest BCUT2D eigenvalue weighted by atomic mass is 32.2. The van der Waals surface area contributed by atoms with E-state index in [2.05, 4.69) is 36.3 Å². The molecule has 20 heavy (non-hydrogen) atoms. The minimum atomic E-state index is 0.0188. The van der Waals surface area contributed by atoms with Gasteiger partial charge in [0.2, 0.25) is 10.1 Å². The van der Waals surface area contributed by atoms with E-state index in [4.69, 9.17) is 0 Å². The highest BCUT2D eigenvalue weighted by molar-refractivity contribution is 8.00. The van der Waals surface area contributed by atoms with Gasteiger partial charge in [0.05, 0.1) is 0 Å². The Hall–Kier alpha value is -0.820. The highest BCUT2D eigenvalue weighted by Crippen LogP contribution is 2.31. The van der Waals surface area contributed by atoms with Crippen molar-refractivity contribution in [3.8, 4) is 0 Å². The van der Waals surface area contributed by atoms with Gasteiger partial charge in [-0.1, -0.05) is 32.1 Å². The first-order chi connectivity index (χ1) is 9.52. The number of rotatable bonds is 4. The molecule has 0 saturated carbocycles. The second-order valence-corrected chi connectivity index (χ2v) is 8.27. The zero-order chi connectivity index (χ0) is 14.6. The van der Waals surface area contributed by atoms with Gasteiger partial charge in [0, 0.05) is 30.1 Å². The minimum absolute atomic E-state index is 0.0188. The predicted molar refractivity (Wildman–Crippen MR) is 85.7 cm³/mol. The molecule has 5 nitrogen and oxygen atoms in total. The van der Waals surface area contributed by atoms with Crippen molar-refractivity contribution in [1.82, 2.24) is 15.1 Å². The molecule has 0 bridgehead atoms. The molecule has 1 amide bonds. The largest absolute Gasteiger partial charge is 0.360 e. The molecule has 0 unspecified atom stereocenters. The number of nitrogens with one attached hydrogen (secondary N) is 1. The smallest absolute Gasteiger partial charge is 0.284 e. The van der Waals surface area contributed by atoms with Crippen molar-refractivity contribution in [3.63, 3.8) is 0 Å². The lowest BCUT2D eigenvalue weighted by Gasteiger charge is -2.21. The molecule has 0 aromatic carbocycles. The van der Waals surface area contributed by atoms with Gasteiger partial charge in [-0.15, -0.1) is 10.2 Å². The fraction of sp³-hybridized carbons (Fsp3) is 0.769. The molecular weight excluding hydrogens is 292 g/mol. The summed E-state index contributed by atoms with van der Waals surface area (Å²) in [6.45, 7) is 9.03. The summed E-state index contributed by atoms with van der Waals surface area (Å²) < 4.78 is 0.254. The van der Waals surface area contributed by atoms with Crippen LogP contribution in [0, 0.1) is 0 Å². The van der Waals surface area contributed by atoms with E-state index in [0.717, 1.165) is 43.4 Å². The third-order valence-corrected chi connectivity index (χ3v) is 5.50. The van der Waals surface area contributed by atoms with Gasteiger partial charge in [0.15, 0.2) is 0 Å². The molecule has 7 heteroatoms. The maximum Gasteiger partial charge on any atom is 0.284 e. The fourth-order valence-corrected chi connectivity index (χ4v) is 3.81. The maximum absolute atomic E-state index is 12.4. The first kappa shape index (κ1) is 15.6. The Morgan fingerprint density at radius 2 is 2.20 bits per heavy atom. The predicted octanol–water partition coefficient (Wildman–Crippen LogP) is 2.72. The summed E-state index contributed by atoms with van der Waals surface area (Å²) in [5.41, 5.74) is 0. The van der Waals surface area contributed by atoms with E-state index < -0.39 is 0 Å². The molecule has 1 saturated heterocycles. The normalized spacial score (nSPS) is 18.6. The topological polar surface area (TPSA) is 58.1 Å². The van der Waals surface area contributed by atoms with E-state index in [1.807, 2.05) is 16.7 Å². The summed E-state index contributed by atoms with van der Waals surface area (Å²) in [4.78, 5) is 14.4. The second-order valence-electron chi connectivity index (χ2n) is 5.49. The van der Waals surface area contributed by atoms with Crippen LogP contribution in [0.3, 0.4) is 0 Å². The van der Waals surface area contributed by atoms with Crippen LogP contribution in [0.25, 0.3) is 0 Å². The number of thioether (sulfide) groups is 1. The number of amides is 1. The maximum atomic E-state index is 12.4. The lowest BCUT2D eigenvalue weighted by molar-refractivity contribution is 0.0763. The molecule has 0 aliphatic carbocycles. The first-order valence-corrected chi connectivity index (χ1v) is 8.82. The second kappa shape index (κ2) is 6.76. The SMILES string of the molecule is CCCNc1nnc(C(=O)N2CCSC(C)(C)CC2)s1. The third kappa shape index (κ3) is 4.09. The lowest BCUT2D eigenvalue weighted by atomic mass is 10.1. The van der Waals surface area contributed by atoms with Gasteiger partial charge in [-0.3, -0.25) is 4.79 Å². The minimum Gasteiger partial charge on any atom is -0.360 e. The molecule has 2 rings (SSSR count). The van der Waals surface area contributed by atoms with Crippen LogP contribution in [-0.4, -0.2) is 51.1 Å². The van der Waals surface area contributed by atoms with Crippen molar-refractivity contribution in [1.29, 1.82) is 0 Å². The fourth-order valence-electron chi connectivity index (χ4n) is 1.97. The van der Waals surface area contributed by atoms with E-state index in [-0.39, 0.29) is 10.7 Å². The summed E-state index contributed by atoms with van der Waals surface area (Å²) in [6.07, 6.45) is 2.05. The molecular formula is C13H22N4OS2. The number of carbonyl (C=O) groups excluding carboxylic acids is 1. The van der Waals surface area contributed by atoms with Crippen molar-refractivity contribution in [3.05, 3.63) is 5.01 Å². The number of anilines is 1. The molecule has 0 atom stereocenters. The average Bonchev–Trinajstić information content (AvgIpc) is 2.80. The summed E-state index contributed by atoms with van der Waals surface area (Å²) in [5, 5.41) is 12.4. The van der Waals surface area contributed by atoms with Crippen LogP contribution in [0.4, 0.5) is 5.13 Å². The number of aromatic nitrogens is 2. The van der Waals surface area contributed by atoms with Crippen molar-refractivity contribution < 1.29 is 4.79 Å². The van der Waals surface area contributed by atoms with E-state index in [1.54, 1.807) is 0 Å². The Morgan fingerprint density at radius 1 is 1.40 bits per heavy atom. The number of hydrogen-bond acceptors (Lipinski definition) is 6. The standard InChI is InChI=1S/C13H22N4OS2/c1-4-6-14-12-16-15-10(20-12)11(18)17-7-5-13(2,3)19-9-8-17/h4-9H2,1-3H3,(H,14,16). The van der Waals surface area contributed by atoms with Gasteiger partial charge in [0.25, 0.3) is 5.91 Å². The Balaban J connectivity index is 1.98. The monoisotopic (exact) mass is 314 g/mol. The van der Waals surface area contributed by atoms with Crippen molar-refractivity contribution >= 4 is 34.1 Å². The lowest BCUT2D eigenvalue weighted by Crippen LogP contribution is -2.33. The van der Waals surface area contributed by atoms with E-state index >= 15 is 0 Å². The van der Waals surface area contributed by atoms with Gasteiger partial charge in [-0.25, -0.2) is 0 Å². The van der Waals surface area contributed by atoms with E-state index in [9.17, 15) is 4.79 Å². The van der Waals surface area contributed by atoms with Crippen molar-refractivity contribution in [2.75, 3.05) is 30.7 Å². The van der Waals surface area contributed by atoms with Gasteiger partial charge < -0.3 is 10.2 Å². The van der Waals surface area contributed by atoms with Crippen LogP contribution >= 0.6 is 23.1 Å². The van der Waals surface area contributed by atoms with Crippen molar-refractivity contribution in [2.45, 2.75) is 38.4 Å². The van der Waals surface area contributed by atoms with Gasteiger partial charge >= 0.3 is 0 Å². The van der Waals surface area contributed by atoms with Crippen LogP contribution in [0.2, 0.25) is 0 Å². The Bertz CT molecular complexity index is 461. The van der Waals surface area contributed by atoms with E-state index in [1.165, 1.54) is 11.3 Å². The average molecular weight is 314 g/mol. The van der Waals surface area contributed by atoms with Crippen LogP contribution in [0.1, 0.15) is 43.4 Å². The number of hydrogen-bond donors (Lipinski definition) is 1. The Kier molecular flexibility index (Phi) is 5.26. The summed E-state index contributed by atoms with van der Waals surface area (Å²) in [5.74, 6) is 1.00. The summed E-state index contributed by atoms with van der Waals surface area (Å²) in [7, 11) is 0. The quantitative estimate of drug-likeness (QED) is 0.926.